The molecule has 2 aromatic carbocycles. The fourth-order valence-electron chi connectivity index (χ4n) is 3.03. The molecule has 158 valence electrons. The Morgan fingerprint density at radius 3 is 2.43 bits per heavy atom. The second-order valence-electron chi connectivity index (χ2n) is 9.24. The number of hydrogen-bond acceptors (Lipinski definition) is 4. The first-order valence-corrected chi connectivity index (χ1v) is 13.2. The van der Waals surface area contributed by atoms with E-state index in [2.05, 4.69) is 64.0 Å². The molecule has 0 fully saturated rings. The summed E-state index contributed by atoms with van der Waals surface area (Å²) < 4.78 is 11.9. The molecule has 4 nitrogen and oxygen atoms in total. The largest absolute Gasteiger partial charge is 0.436 e. The Labute approximate surface area is 180 Å². The highest BCUT2D eigenvalue weighted by Gasteiger charge is 2.37. The van der Waals surface area contributed by atoms with E-state index in [9.17, 15) is 4.79 Å². The van der Waals surface area contributed by atoms with E-state index in [0.29, 0.717) is 12.4 Å². The fraction of sp³-hybridized carbons (Fsp3) is 0.360. The Bertz CT molecular complexity index is 1020. The summed E-state index contributed by atoms with van der Waals surface area (Å²) in [5.41, 5.74) is 4.37. The summed E-state index contributed by atoms with van der Waals surface area (Å²) in [5.74, 6) is 0.619. The average molecular weight is 422 g/mol. The topological polar surface area (TPSA) is 52.3 Å². The minimum atomic E-state index is -1.89. The van der Waals surface area contributed by atoms with Crippen LogP contribution < -0.4 is 0 Å². The van der Waals surface area contributed by atoms with Crippen molar-refractivity contribution in [3.8, 4) is 11.1 Å². The van der Waals surface area contributed by atoms with Crippen molar-refractivity contribution in [2.45, 2.75) is 58.9 Å². The maximum Gasteiger partial charge on any atom is 0.263 e. The highest BCUT2D eigenvalue weighted by Crippen LogP contribution is 2.37. The molecular formula is C25H31NO3Si. The van der Waals surface area contributed by atoms with Gasteiger partial charge in [-0.25, -0.2) is 4.98 Å². The van der Waals surface area contributed by atoms with Crippen molar-refractivity contribution in [1.29, 1.82) is 0 Å². The number of carbonyl (C=O) groups excluding carboxylic acids is 1. The van der Waals surface area contributed by atoms with Gasteiger partial charge >= 0.3 is 0 Å². The first kappa shape index (κ1) is 22.2. The maximum atomic E-state index is 12.8. The summed E-state index contributed by atoms with van der Waals surface area (Å²) in [4.78, 5) is 17.0. The van der Waals surface area contributed by atoms with Crippen molar-refractivity contribution < 1.29 is 13.6 Å². The second kappa shape index (κ2) is 8.70. The Morgan fingerprint density at radius 2 is 1.77 bits per heavy atom. The summed E-state index contributed by atoms with van der Waals surface area (Å²) in [6, 6.07) is 16.3. The lowest BCUT2D eigenvalue weighted by Gasteiger charge is -2.35. The molecule has 0 atom stereocenters. The van der Waals surface area contributed by atoms with Gasteiger partial charge in [0.15, 0.2) is 8.32 Å². The molecule has 5 heteroatoms. The quantitative estimate of drug-likeness (QED) is 0.319. The monoisotopic (exact) mass is 421 g/mol. The van der Waals surface area contributed by atoms with Crippen LogP contribution in [-0.4, -0.2) is 19.1 Å². The highest BCUT2D eigenvalue weighted by atomic mass is 28.4. The van der Waals surface area contributed by atoms with Gasteiger partial charge in [0, 0.05) is 6.42 Å². The Hall–Kier alpha value is -2.50. The molecule has 0 aliphatic carbocycles. The van der Waals surface area contributed by atoms with Crippen molar-refractivity contribution in [3.63, 3.8) is 0 Å². The van der Waals surface area contributed by atoms with Crippen LogP contribution >= 0.6 is 0 Å². The molecule has 3 rings (SSSR count). The minimum absolute atomic E-state index is 0.118. The zero-order chi connectivity index (χ0) is 21.9. The Balaban J connectivity index is 1.71. The van der Waals surface area contributed by atoms with Gasteiger partial charge in [-0.2, -0.15) is 0 Å². The van der Waals surface area contributed by atoms with Crippen LogP contribution in [0.4, 0.5) is 0 Å². The molecule has 0 unspecified atom stereocenters. The van der Waals surface area contributed by atoms with Crippen LogP contribution in [0.15, 0.2) is 59.1 Å². The number of carbonyl (C=O) groups is 1. The first-order valence-electron chi connectivity index (χ1n) is 10.3. The molecule has 1 heterocycles. The number of benzene rings is 2. The van der Waals surface area contributed by atoms with Crippen molar-refractivity contribution in [2.75, 3.05) is 0 Å². The van der Waals surface area contributed by atoms with Gasteiger partial charge in [0.1, 0.15) is 5.76 Å². The number of Topliss-reactive ketones (excluding diaryl/α,β-unsaturated/α-hetero) is 1. The summed E-state index contributed by atoms with van der Waals surface area (Å²) in [5, 5.41) is 0.118. The summed E-state index contributed by atoms with van der Waals surface area (Å²) in [6.07, 6.45) is 1.86. The standard InChI is InChI=1S/C25H31NO3Si/c1-18-20(13-10-14-22(18)19-11-8-7-9-12-19)15-23(27)24-26-16-21(29-24)17-28-30(5,6)25(2,3)4/h7-14,16H,15,17H2,1-6H3. The third kappa shape index (κ3) is 4.97. The Morgan fingerprint density at radius 1 is 1.07 bits per heavy atom. The van der Waals surface area contributed by atoms with Crippen molar-refractivity contribution >= 4 is 14.1 Å². The number of rotatable bonds is 7. The van der Waals surface area contributed by atoms with Gasteiger partial charge < -0.3 is 8.84 Å². The van der Waals surface area contributed by atoms with Gasteiger partial charge in [-0.05, 0) is 47.3 Å². The van der Waals surface area contributed by atoms with Gasteiger partial charge in [-0.1, -0.05) is 69.3 Å². The molecule has 0 aliphatic heterocycles. The van der Waals surface area contributed by atoms with Gasteiger partial charge in [0.05, 0.1) is 12.8 Å². The number of nitrogens with zero attached hydrogens (tertiary/aromatic N) is 1. The molecule has 0 bridgehead atoms. The van der Waals surface area contributed by atoms with Crippen LogP contribution in [0.3, 0.4) is 0 Å². The van der Waals surface area contributed by atoms with Crippen LogP contribution in [0, 0.1) is 6.92 Å². The van der Waals surface area contributed by atoms with E-state index in [0.717, 1.165) is 22.3 Å². The molecular weight excluding hydrogens is 390 g/mol. The fourth-order valence-corrected chi connectivity index (χ4v) is 3.96. The van der Waals surface area contributed by atoms with Crippen LogP contribution in [0.2, 0.25) is 18.1 Å². The van der Waals surface area contributed by atoms with Crippen molar-refractivity contribution in [2.24, 2.45) is 0 Å². The smallest absolute Gasteiger partial charge is 0.263 e. The van der Waals surface area contributed by atoms with E-state index in [-0.39, 0.29) is 23.1 Å². The molecule has 0 spiro atoms. The van der Waals surface area contributed by atoms with Gasteiger partial charge in [0.25, 0.3) is 5.89 Å². The molecule has 1 aromatic heterocycles. The van der Waals surface area contributed by atoms with Gasteiger partial charge in [0.2, 0.25) is 5.78 Å². The van der Waals surface area contributed by atoms with Crippen LogP contribution in [0.1, 0.15) is 48.3 Å². The lowest BCUT2D eigenvalue weighted by molar-refractivity contribution is 0.0955. The van der Waals surface area contributed by atoms with Crippen LogP contribution in [0.25, 0.3) is 11.1 Å². The summed E-state index contributed by atoms with van der Waals surface area (Å²) in [6.45, 7) is 13.4. The SMILES string of the molecule is Cc1c(CC(=O)c2ncc(CO[Si](C)(C)C(C)(C)C)o2)cccc1-c1ccccc1. The number of oxazole rings is 1. The number of ketones is 1. The first-order chi connectivity index (χ1) is 14.1. The number of aromatic nitrogens is 1. The summed E-state index contributed by atoms with van der Waals surface area (Å²) >= 11 is 0. The summed E-state index contributed by atoms with van der Waals surface area (Å²) in [7, 11) is -1.89. The molecule has 0 N–H and O–H groups in total. The molecule has 0 aliphatic rings. The second-order valence-corrected chi connectivity index (χ2v) is 14.0. The van der Waals surface area contributed by atoms with Crippen molar-refractivity contribution in [1.82, 2.24) is 4.98 Å². The van der Waals surface area contributed by atoms with Crippen molar-refractivity contribution in [3.05, 3.63) is 77.5 Å². The minimum Gasteiger partial charge on any atom is -0.436 e. The molecule has 0 saturated heterocycles. The van der Waals surface area contributed by atoms with Crippen LogP contribution in [0.5, 0.6) is 0 Å². The zero-order valence-electron chi connectivity index (χ0n) is 18.8. The van der Waals surface area contributed by atoms with E-state index in [1.54, 1.807) is 6.20 Å². The molecule has 0 saturated carbocycles. The highest BCUT2D eigenvalue weighted by molar-refractivity contribution is 6.74. The van der Waals surface area contributed by atoms with E-state index in [1.807, 2.05) is 30.3 Å². The zero-order valence-corrected chi connectivity index (χ0v) is 19.8. The van der Waals surface area contributed by atoms with Crippen LogP contribution in [-0.2, 0) is 17.5 Å². The van der Waals surface area contributed by atoms with Gasteiger partial charge in [-0.15, -0.1) is 0 Å². The molecule has 30 heavy (non-hydrogen) atoms. The third-order valence-corrected chi connectivity index (χ3v) is 10.5. The van der Waals surface area contributed by atoms with Gasteiger partial charge in [-0.3, -0.25) is 4.79 Å². The van der Waals surface area contributed by atoms with E-state index >= 15 is 0 Å². The predicted molar refractivity (Wildman–Crippen MR) is 123 cm³/mol. The van der Waals surface area contributed by atoms with E-state index in [1.165, 1.54) is 0 Å². The number of hydrogen-bond donors (Lipinski definition) is 0. The lowest BCUT2D eigenvalue weighted by atomic mass is 9.94. The third-order valence-electron chi connectivity index (χ3n) is 6.06. The average Bonchev–Trinajstić information content (AvgIpc) is 3.17. The Kier molecular flexibility index (Phi) is 6.43. The molecule has 0 amide bonds. The van der Waals surface area contributed by atoms with E-state index in [4.69, 9.17) is 8.84 Å². The molecule has 3 aromatic rings. The molecule has 0 radical (unpaired) electrons. The predicted octanol–water partition coefficient (Wildman–Crippen LogP) is 6.60. The lowest BCUT2D eigenvalue weighted by Crippen LogP contribution is -2.40. The maximum absolute atomic E-state index is 12.8. The van der Waals surface area contributed by atoms with E-state index < -0.39 is 8.32 Å². The normalized spacial score (nSPS) is 12.2.